The van der Waals surface area contributed by atoms with Gasteiger partial charge in [0.15, 0.2) is 18.5 Å². The molecular formula is C23H26N2O5. The summed E-state index contributed by atoms with van der Waals surface area (Å²) >= 11 is 0. The molecule has 1 aliphatic heterocycles. The van der Waals surface area contributed by atoms with Gasteiger partial charge in [-0.2, -0.15) is 0 Å². The molecule has 1 heterocycles. The second kappa shape index (κ2) is 9.91. The van der Waals surface area contributed by atoms with Crippen LogP contribution in [0.1, 0.15) is 24.2 Å². The van der Waals surface area contributed by atoms with E-state index in [1.54, 1.807) is 36.1 Å². The summed E-state index contributed by atoms with van der Waals surface area (Å²) in [7, 11) is 0. The Kier molecular flexibility index (Phi) is 7.06. The van der Waals surface area contributed by atoms with Crippen LogP contribution in [0, 0.1) is 0 Å². The Morgan fingerprint density at radius 1 is 0.967 bits per heavy atom. The predicted octanol–water partition coefficient (Wildman–Crippen LogP) is 2.55. The van der Waals surface area contributed by atoms with Crippen molar-refractivity contribution in [2.45, 2.75) is 20.0 Å². The first kappa shape index (κ1) is 21.4. The number of carbonyl (C=O) groups is 3. The lowest BCUT2D eigenvalue weighted by atomic mass is 10.1. The number of esters is 1. The van der Waals surface area contributed by atoms with Crippen LogP contribution in [-0.2, 0) is 14.3 Å². The molecule has 1 amide bonds. The molecule has 0 aromatic heterocycles. The minimum atomic E-state index is -0.882. The number of hydrogen-bond acceptors (Lipinski definition) is 6. The number of anilines is 1. The molecule has 0 aliphatic carbocycles. The fourth-order valence-electron chi connectivity index (χ4n) is 3.31. The summed E-state index contributed by atoms with van der Waals surface area (Å²) in [6, 6.07) is 16.6. The van der Waals surface area contributed by atoms with Gasteiger partial charge in [0.2, 0.25) is 0 Å². The monoisotopic (exact) mass is 410 g/mol. The van der Waals surface area contributed by atoms with Gasteiger partial charge in [0, 0.05) is 37.4 Å². The molecule has 0 bridgehead atoms. The summed E-state index contributed by atoms with van der Waals surface area (Å²) in [4.78, 5) is 40.1. The van der Waals surface area contributed by atoms with Crippen molar-refractivity contribution in [2.24, 2.45) is 0 Å². The van der Waals surface area contributed by atoms with Crippen molar-refractivity contribution >= 4 is 23.3 Å². The topological polar surface area (TPSA) is 76.2 Å². The maximum Gasteiger partial charge on any atom is 0.344 e. The maximum absolute atomic E-state index is 12.6. The molecule has 158 valence electrons. The quantitative estimate of drug-likeness (QED) is 0.516. The molecule has 0 radical (unpaired) electrons. The van der Waals surface area contributed by atoms with Gasteiger partial charge in [-0.3, -0.25) is 9.59 Å². The number of nitrogens with zero attached hydrogens (tertiary/aromatic N) is 2. The highest BCUT2D eigenvalue weighted by Crippen LogP contribution is 2.17. The molecule has 0 saturated carbocycles. The number of ketones is 1. The summed E-state index contributed by atoms with van der Waals surface area (Å²) < 4.78 is 10.6. The second-order valence-corrected chi connectivity index (χ2v) is 7.15. The Morgan fingerprint density at radius 2 is 1.67 bits per heavy atom. The van der Waals surface area contributed by atoms with Crippen LogP contribution in [0.2, 0.25) is 0 Å². The van der Waals surface area contributed by atoms with Crippen molar-refractivity contribution in [3.8, 4) is 5.75 Å². The Morgan fingerprint density at radius 3 is 2.33 bits per heavy atom. The van der Waals surface area contributed by atoms with E-state index in [2.05, 4.69) is 4.90 Å². The summed E-state index contributed by atoms with van der Waals surface area (Å²) in [6.07, 6.45) is -0.882. The number of piperazine rings is 1. The van der Waals surface area contributed by atoms with E-state index in [1.807, 2.05) is 30.3 Å². The van der Waals surface area contributed by atoms with Crippen LogP contribution in [-0.4, -0.2) is 61.4 Å². The average molecular weight is 410 g/mol. The molecular weight excluding hydrogens is 384 g/mol. The highest BCUT2D eigenvalue weighted by Gasteiger charge is 2.27. The molecule has 30 heavy (non-hydrogen) atoms. The van der Waals surface area contributed by atoms with E-state index in [9.17, 15) is 14.4 Å². The lowest BCUT2D eigenvalue weighted by molar-refractivity contribution is -0.160. The smallest absolute Gasteiger partial charge is 0.344 e. The number of amides is 1. The van der Waals surface area contributed by atoms with E-state index in [-0.39, 0.29) is 18.3 Å². The van der Waals surface area contributed by atoms with Crippen molar-refractivity contribution < 1.29 is 23.9 Å². The zero-order chi connectivity index (χ0) is 21.5. The summed E-state index contributed by atoms with van der Waals surface area (Å²) in [5, 5.41) is 0. The van der Waals surface area contributed by atoms with Gasteiger partial charge in [-0.25, -0.2) is 4.79 Å². The first-order chi connectivity index (χ1) is 14.4. The van der Waals surface area contributed by atoms with E-state index in [4.69, 9.17) is 9.47 Å². The zero-order valence-corrected chi connectivity index (χ0v) is 17.2. The Bertz CT molecular complexity index is 891. The molecule has 2 aromatic carbocycles. The van der Waals surface area contributed by atoms with E-state index < -0.39 is 12.1 Å². The van der Waals surface area contributed by atoms with Crippen molar-refractivity contribution in [3.63, 3.8) is 0 Å². The Balaban J connectivity index is 1.44. The van der Waals surface area contributed by atoms with E-state index >= 15 is 0 Å². The number of Topliss-reactive ketones (excluding diaryl/α,β-unsaturated/α-hetero) is 1. The van der Waals surface area contributed by atoms with Crippen molar-refractivity contribution in [3.05, 3.63) is 60.2 Å². The molecule has 0 spiro atoms. The molecule has 1 aliphatic rings. The highest BCUT2D eigenvalue weighted by atomic mass is 16.6. The van der Waals surface area contributed by atoms with Gasteiger partial charge in [-0.1, -0.05) is 30.3 Å². The van der Waals surface area contributed by atoms with Crippen molar-refractivity contribution in [1.29, 1.82) is 0 Å². The van der Waals surface area contributed by atoms with Crippen molar-refractivity contribution in [2.75, 3.05) is 37.7 Å². The van der Waals surface area contributed by atoms with E-state index in [0.717, 1.165) is 18.8 Å². The lowest BCUT2D eigenvalue weighted by Crippen LogP contribution is -2.51. The first-order valence-electron chi connectivity index (χ1n) is 9.96. The molecule has 2 aromatic rings. The van der Waals surface area contributed by atoms with Gasteiger partial charge in [-0.05, 0) is 38.1 Å². The number of para-hydroxylation sites is 1. The minimum Gasteiger partial charge on any atom is -0.482 e. The predicted molar refractivity (Wildman–Crippen MR) is 113 cm³/mol. The molecule has 7 heteroatoms. The number of carbonyl (C=O) groups excluding carboxylic acids is 3. The molecule has 7 nitrogen and oxygen atoms in total. The zero-order valence-electron chi connectivity index (χ0n) is 17.2. The minimum absolute atomic E-state index is 0.0883. The summed E-state index contributed by atoms with van der Waals surface area (Å²) in [5.74, 6) is -0.535. The third kappa shape index (κ3) is 5.59. The molecule has 1 atom stereocenters. The van der Waals surface area contributed by atoms with Crippen molar-refractivity contribution in [1.82, 2.24) is 4.90 Å². The van der Waals surface area contributed by atoms with Crippen LogP contribution in [0.5, 0.6) is 5.75 Å². The lowest BCUT2D eigenvalue weighted by Gasteiger charge is -2.37. The molecule has 0 unspecified atom stereocenters. The largest absolute Gasteiger partial charge is 0.482 e. The number of hydrogen-bond donors (Lipinski definition) is 0. The number of rotatable bonds is 7. The molecule has 0 N–H and O–H groups in total. The Labute approximate surface area is 176 Å². The fraction of sp³-hybridized carbons (Fsp3) is 0.348. The van der Waals surface area contributed by atoms with Gasteiger partial charge < -0.3 is 19.3 Å². The Hall–Kier alpha value is -3.35. The number of benzene rings is 2. The van der Waals surface area contributed by atoms with Crippen LogP contribution in [0.25, 0.3) is 0 Å². The van der Waals surface area contributed by atoms with Crippen LogP contribution in [0.15, 0.2) is 54.6 Å². The standard InChI is InChI=1S/C23H26N2O5/c1-17(26)19-7-6-10-21(15-19)29-16-22(27)30-18(2)23(28)25-13-11-24(12-14-25)20-8-4-3-5-9-20/h3-10,15,18H,11-14,16H2,1-2H3/t18-/m1/s1. The second-order valence-electron chi connectivity index (χ2n) is 7.15. The fourth-order valence-corrected chi connectivity index (χ4v) is 3.31. The van der Waals surface area contributed by atoms with Crippen LogP contribution < -0.4 is 9.64 Å². The first-order valence-corrected chi connectivity index (χ1v) is 9.96. The van der Waals surface area contributed by atoms with Gasteiger partial charge in [-0.15, -0.1) is 0 Å². The van der Waals surface area contributed by atoms with Gasteiger partial charge in [0.05, 0.1) is 0 Å². The van der Waals surface area contributed by atoms with Gasteiger partial charge in [0.25, 0.3) is 5.91 Å². The maximum atomic E-state index is 12.6. The third-order valence-corrected chi connectivity index (χ3v) is 4.97. The van der Waals surface area contributed by atoms with Crippen LogP contribution >= 0.6 is 0 Å². The molecule has 1 fully saturated rings. The summed E-state index contributed by atoms with van der Waals surface area (Å²) in [6.45, 7) is 5.30. The van der Waals surface area contributed by atoms with Crippen LogP contribution in [0.4, 0.5) is 5.69 Å². The number of ether oxygens (including phenoxy) is 2. The van der Waals surface area contributed by atoms with E-state index in [0.29, 0.717) is 24.4 Å². The normalized spacial score (nSPS) is 14.7. The summed E-state index contributed by atoms with van der Waals surface area (Å²) in [5.41, 5.74) is 1.63. The van der Waals surface area contributed by atoms with Gasteiger partial charge >= 0.3 is 5.97 Å². The average Bonchev–Trinajstić information content (AvgIpc) is 2.78. The highest BCUT2D eigenvalue weighted by molar-refractivity contribution is 5.94. The molecule has 1 saturated heterocycles. The molecule has 3 rings (SSSR count). The van der Waals surface area contributed by atoms with Crippen LogP contribution in [0.3, 0.4) is 0 Å². The van der Waals surface area contributed by atoms with Gasteiger partial charge in [0.1, 0.15) is 5.75 Å². The SMILES string of the molecule is CC(=O)c1cccc(OCC(=O)O[C@H](C)C(=O)N2CCN(c3ccccc3)CC2)c1. The third-order valence-electron chi connectivity index (χ3n) is 4.97. The van der Waals surface area contributed by atoms with E-state index in [1.165, 1.54) is 6.92 Å².